The minimum absolute atomic E-state index is 0.0634. The van der Waals surface area contributed by atoms with Gasteiger partial charge in [0.1, 0.15) is 11.6 Å². The number of rotatable bonds is 3. The lowest BCUT2D eigenvalue weighted by molar-refractivity contribution is 0.378. The summed E-state index contributed by atoms with van der Waals surface area (Å²) in [6.07, 6.45) is 1.97. The van der Waals surface area contributed by atoms with Gasteiger partial charge >= 0.3 is 0 Å². The van der Waals surface area contributed by atoms with Crippen molar-refractivity contribution in [2.45, 2.75) is 32.1 Å². The van der Waals surface area contributed by atoms with Gasteiger partial charge in [0.2, 0.25) is 11.8 Å². The lowest BCUT2D eigenvalue weighted by atomic mass is 9.78. The maximum Gasteiger partial charge on any atom is 0.244 e. The van der Waals surface area contributed by atoms with Crippen LogP contribution in [0.5, 0.6) is 5.88 Å². The Bertz CT molecular complexity index is 1380. The van der Waals surface area contributed by atoms with Gasteiger partial charge in [0.25, 0.3) is 0 Å². The molecular formula is C26H24N6O. The summed E-state index contributed by atoms with van der Waals surface area (Å²) in [5.74, 6) is -0.0132. The number of benzene rings is 2. The zero-order valence-corrected chi connectivity index (χ0v) is 18.7. The number of nitrogens with two attached hydrogens (primary N) is 1. The summed E-state index contributed by atoms with van der Waals surface area (Å²) in [5, 5.41) is 22.6. The Morgan fingerprint density at radius 1 is 1.06 bits per heavy atom. The van der Waals surface area contributed by atoms with Crippen LogP contribution in [0.1, 0.15) is 43.5 Å². The van der Waals surface area contributed by atoms with Crippen LogP contribution >= 0.6 is 0 Å². The number of aromatic nitrogens is 4. The summed E-state index contributed by atoms with van der Waals surface area (Å²) in [6.45, 7) is 6.28. The fraction of sp³-hybridized carbons (Fsp3) is 0.192. The molecule has 0 amide bonds. The average Bonchev–Trinajstić information content (AvgIpc) is 3.44. The molecule has 0 saturated carbocycles. The third-order valence-corrected chi connectivity index (χ3v) is 5.81. The Morgan fingerprint density at radius 3 is 2.36 bits per heavy atom. The predicted octanol–water partition coefficient (Wildman–Crippen LogP) is 4.78. The topological polar surface area (TPSA) is 106 Å². The average molecular weight is 437 g/mol. The quantitative estimate of drug-likeness (QED) is 0.481. The van der Waals surface area contributed by atoms with E-state index in [9.17, 15) is 5.26 Å². The molecule has 164 valence electrons. The largest absolute Gasteiger partial charge is 0.420 e. The van der Waals surface area contributed by atoms with Crippen molar-refractivity contribution in [3.8, 4) is 28.9 Å². The molecule has 2 aromatic heterocycles. The highest BCUT2D eigenvalue weighted by Crippen LogP contribution is 2.47. The van der Waals surface area contributed by atoms with E-state index in [4.69, 9.17) is 15.6 Å². The monoisotopic (exact) mass is 436 g/mol. The minimum Gasteiger partial charge on any atom is -0.420 e. The number of aromatic amines is 1. The van der Waals surface area contributed by atoms with E-state index in [1.807, 2.05) is 71.5 Å². The minimum atomic E-state index is -0.473. The van der Waals surface area contributed by atoms with Crippen molar-refractivity contribution in [3.05, 3.63) is 95.1 Å². The van der Waals surface area contributed by atoms with E-state index in [0.29, 0.717) is 11.5 Å². The number of para-hydroxylation sites is 1. The number of nitriles is 1. The number of hydrogen-bond acceptors (Lipinski definition) is 5. The van der Waals surface area contributed by atoms with Crippen LogP contribution in [0.3, 0.4) is 0 Å². The Hall–Kier alpha value is -4.31. The maximum atomic E-state index is 10.1. The van der Waals surface area contributed by atoms with Crippen LogP contribution in [0.4, 0.5) is 0 Å². The van der Waals surface area contributed by atoms with Gasteiger partial charge in [0.05, 0.1) is 22.9 Å². The van der Waals surface area contributed by atoms with Crippen LogP contribution in [-0.2, 0) is 5.41 Å². The van der Waals surface area contributed by atoms with Gasteiger partial charge in [-0.2, -0.15) is 10.4 Å². The normalized spacial score (nSPS) is 15.6. The second kappa shape index (κ2) is 7.68. The first-order valence-electron chi connectivity index (χ1n) is 10.7. The highest BCUT2D eigenvalue weighted by Gasteiger charge is 2.40. The van der Waals surface area contributed by atoms with E-state index < -0.39 is 5.92 Å². The van der Waals surface area contributed by atoms with Crippen molar-refractivity contribution in [2.75, 3.05) is 0 Å². The van der Waals surface area contributed by atoms with Gasteiger partial charge in [-0.1, -0.05) is 69.3 Å². The molecule has 4 aromatic rings. The summed E-state index contributed by atoms with van der Waals surface area (Å²) >= 11 is 0. The molecule has 0 fully saturated rings. The SMILES string of the molecule is CC(C)(C)c1[nH]nc2c1C(c1cn(-c3ccccc3)nc1-c1ccccc1)C(C#N)=C(N)O2. The van der Waals surface area contributed by atoms with E-state index in [1.54, 1.807) is 0 Å². The van der Waals surface area contributed by atoms with Crippen LogP contribution in [0, 0.1) is 11.3 Å². The van der Waals surface area contributed by atoms with Gasteiger partial charge in [-0.15, -0.1) is 5.10 Å². The second-order valence-electron chi connectivity index (χ2n) is 9.07. The smallest absolute Gasteiger partial charge is 0.244 e. The fourth-order valence-electron chi connectivity index (χ4n) is 4.26. The van der Waals surface area contributed by atoms with E-state index in [1.165, 1.54) is 0 Å². The summed E-state index contributed by atoms with van der Waals surface area (Å²) in [4.78, 5) is 0. The van der Waals surface area contributed by atoms with Gasteiger partial charge in [-0.05, 0) is 12.1 Å². The molecule has 0 spiro atoms. The van der Waals surface area contributed by atoms with E-state index in [-0.39, 0.29) is 11.3 Å². The van der Waals surface area contributed by atoms with Gasteiger partial charge in [0.15, 0.2) is 0 Å². The second-order valence-corrected chi connectivity index (χ2v) is 9.07. The highest BCUT2D eigenvalue weighted by atomic mass is 16.5. The molecule has 1 aliphatic heterocycles. The van der Waals surface area contributed by atoms with Gasteiger partial charge in [-0.25, -0.2) is 4.68 Å². The van der Waals surface area contributed by atoms with Crippen LogP contribution in [0.25, 0.3) is 16.9 Å². The van der Waals surface area contributed by atoms with Crippen molar-refractivity contribution in [1.29, 1.82) is 5.26 Å². The highest BCUT2D eigenvalue weighted by molar-refractivity contribution is 5.69. The molecule has 7 nitrogen and oxygen atoms in total. The Kier molecular flexibility index (Phi) is 4.79. The molecule has 3 heterocycles. The number of allylic oxidation sites excluding steroid dienone is 1. The first-order chi connectivity index (χ1) is 15.9. The Morgan fingerprint density at radius 2 is 1.73 bits per heavy atom. The third-order valence-electron chi connectivity index (χ3n) is 5.81. The van der Waals surface area contributed by atoms with Crippen LogP contribution in [0.15, 0.2) is 78.3 Å². The molecule has 3 N–H and O–H groups in total. The van der Waals surface area contributed by atoms with E-state index in [0.717, 1.165) is 33.8 Å². The molecule has 2 aromatic carbocycles. The van der Waals surface area contributed by atoms with Gasteiger partial charge in [0, 0.05) is 28.4 Å². The van der Waals surface area contributed by atoms with Gasteiger partial charge in [-0.3, -0.25) is 5.10 Å². The van der Waals surface area contributed by atoms with Crippen LogP contribution in [0.2, 0.25) is 0 Å². The molecule has 5 rings (SSSR count). The summed E-state index contributed by atoms with van der Waals surface area (Å²) < 4.78 is 7.61. The predicted molar refractivity (Wildman–Crippen MR) is 126 cm³/mol. The van der Waals surface area contributed by atoms with Crippen molar-refractivity contribution in [2.24, 2.45) is 5.73 Å². The molecular weight excluding hydrogens is 412 g/mol. The maximum absolute atomic E-state index is 10.1. The summed E-state index contributed by atoms with van der Waals surface area (Å²) in [7, 11) is 0. The van der Waals surface area contributed by atoms with Crippen LogP contribution < -0.4 is 10.5 Å². The van der Waals surface area contributed by atoms with E-state index in [2.05, 4.69) is 37.0 Å². The molecule has 7 heteroatoms. The zero-order valence-electron chi connectivity index (χ0n) is 18.7. The lowest BCUT2D eigenvalue weighted by Crippen LogP contribution is -2.24. The number of ether oxygens (including phenoxy) is 1. The molecule has 0 aliphatic carbocycles. The molecule has 33 heavy (non-hydrogen) atoms. The number of nitrogens with one attached hydrogen (secondary N) is 1. The molecule has 1 aliphatic rings. The Labute approximate surface area is 192 Å². The van der Waals surface area contributed by atoms with Crippen molar-refractivity contribution < 1.29 is 4.74 Å². The number of fused-ring (bicyclic) bond motifs is 1. The lowest BCUT2D eigenvalue weighted by Gasteiger charge is -2.27. The molecule has 0 radical (unpaired) electrons. The zero-order chi connectivity index (χ0) is 23.2. The molecule has 1 unspecified atom stereocenters. The van der Waals surface area contributed by atoms with E-state index >= 15 is 0 Å². The van der Waals surface area contributed by atoms with Crippen molar-refractivity contribution in [3.63, 3.8) is 0 Å². The first kappa shape index (κ1) is 20.6. The molecule has 0 bridgehead atoms. The van der Waals surface area contributed by atoms with Crippen LogP contribution in [-0.4, -0.2) is 20.0 Å². The standard InChI is InChI=1S/C26H24N6O/c1-26(2,3)23-21-20(18(14-27)24(28)33-25(21)30-29-23)19-15-32(17-12-8-5-9-13-17)31-22(19)16-10-6-4-7-11-16/h4-13,15,20H,28H2,1-3H3,(H,29,30). The molecule has 0 saturated heterocycles. The summed E-state index contributed by atoms with van der Waals surface area (Å²) in [5.41, 5.74) is 11.5. The number of nitrogens with zero attached hydrogens (tertiary/aromatic N) is 4. The molecule has 1 atom stereocenters. The first-order valence-corrected chi connectivity index (χ1v) is 10.7. The number of hydrogen-bond donors (Lipinski definition) is 2. The Balaban J connectivity index is 1.81. The summed E-state index contributed by atoms with van der Waals surface area (Å²) in [6, 6.07) is 22.1. The third kappa shape index (κ3) is 3.46. The fourth-order valence-corrected chi connectivity index (χ4v) is 4.26. The number of H-pyrrole nitrogens is 1. The van der Waals surface area contributed by atoms with Gasteiger partial charge < -0.3 is 10.5 Å². The van der Waals surface area contributed by atoms with Crippen molar-refractivity contribution in [1.82, 2.24) is 20.0 Å². The van der Waals surface area contributed by atoms with Crippen molar-refractivity contribution >= 4 is 0 Å².